The van der Waals surface area contributed by atoms with Crippen molar-refractivity contribution < 1.29 is 19.0 Å². The number of fused-ring (bicyclic) bond motifs is 1. The normalized spacial score (nSPS) is 10.7. The smallest absolute Gasteiger partial charge is 0.354 e. The highest BCUT2D eigenvalue weighted by Gasteiger charge is 2.12. The number of benzene rings is 1. The van der Waals surface area contributed by atoms with E-state index >= 15 is 0 Å². The van der Waals surface area contributed by atoms with Crippen LogP contribution in [-0.4, -0.2) is 22.7 Å². The molecule has 0 radical (unpaired) electrons. The number of hydrogen-bond acceptors (Lipinski definition) is 3. The van der Waals surface area contributed by atoms with Gasteiger partial charge in [0, 0.05) is 11.5 Å². The molecule has 0 aliphatic rings. The lowest BCUT2D eigenvalue weighted by atomic mass is 10.1. The molecule has 0 fully saturated rings. The quantitative estimate of drug-likeness (QED) is 0.819. The predicted molar refractivity (Wildman–Crippen MR) is 73.7 cm³/mol. The molecule has 0 aliphatic carbocycles. The fraction of sp³-hybridized carbons (Fsp3) is 0.333. The van der Waals surface area contributed by atoms with Crippen molar-refractivity contribution in [3.05, 3.63) is 35.8 Å². The summed E-state index contributed by atoms with van der Waals surface area (Å²) in [6.45, 7) is 2.56. The average Bonchev–Trinajstić information content (AvgIpc) is 2.43. The summed E-state index contributed by atoms with van der Waals surface area (Å²) in [4.78, 5) is 15.0. The van der Waals surface area contributed by atoms with E-state index in [4.69, 9.17) is 9.84 Å². The summed E-state index contributed by atoms with van der Waals surface area (Å²) in [5.74, 6) is -1.17. The van der Waals surface area contributed by atoms with Crippen LogP contribution in [0.15, 0.2) is 24.3 Å². The molecule has 0 spiro atoms. The van der Waals surface area contributed by atoms with Gasteiger partial charge in [-0.2, -0.15) is 0 Å². The Hall–Kier alpha value is -2.17. The third-order valence-corrected chi connectivity index (χ3v) is 2.96. The number of unbranched alkanes of at least 4 members (excludes halogenated alkanes) is 2. The number of carbonyl (C=O) groups is 1. The molecule has 0 unspecified atom stereocenters. The van der Waals surface area contributed by atoms with Gasteiger partial charge in [0.05, 0.1) is 12.1 Å². The number of pyridine rings is 1. The summed E-state index contributed by atoms with van der Waals surface area (Å²) in [7, 11) is 0. The van der Waals surface area contributed by atoms with E-state index in [1.165, 1.54) is 24.3 Å². The molecule has 0 bridgehead atoms. The Morgan fingerprint density at radius 3 is 2.85 bits per heavy atom. The van der Waals surface area contributed by atoms with Crippen molar-refractivity contribution in [1.82, 2.24) is 4.98 Å². The molecule has 5 heteroatoms. The number of carboxylic acid groups (broad SMARTS) is 1. The Labute approximate surface area is 116 Å². The molecule has 2 rings (SSSR count). The predicted octanol–water partition coefficient (Wildman–Crippen LogP) is 3.64. The van der Waals surface area contributed by atoms with Crippen LogP contribution in [0.25, 0.3) is 10.9 Å². The number of halogens is 1. The van der Waals surface area contributed by atoms with Gasteiger partial charge in [0.1, 0.15) is 11.6 Å². The van der Waals surface area contributed by atoms with Crippen LogP contribution in [0.1, 0.15) is 36.7 Å². The van der Waals surface area contributed by atoms with Crippen molar-refractivity contribution in [3.63, 3.8) is 0 Å². The van der Waals surface area contributed by atoms with Gasteiger partial charge in [-0.05, 0) is 24.6 Å². The van der Waals surface area contributed by atoms with E-state index in [1.807, 2.05) is 0 Å². The van der Waals surface area contributed by atoms with Crippen LogP contribution in [-0.2, 0) is 0 Å². The van der Waals surface area contributed by atoms with Crippen LogP contribution < -0.4 is 4.74 Å². The Morgan fingerprint density at radius 2 is 2.15 bits per heavy atom. The fourth-order valence-electron chi connectivity index (χ4n) is 1.93. The minimum Gasteiger partial charge on any atom is -0.493 e. The van der Waals surface area contributed by atoms with Crippen molar-refractivity contribution in [2.45, 2.75) is 26.2 Å². The molecule has 0 saturated heterocycles. The lowest BCUT2D eigenvalue weighted by Gasteiger charge is -2.10. The van der Waals surface area contributed by atoms with E-state index < -0.39 is 11.8 Å². The third kappa shape index (κ3) is 3.23. The Balaban J connectivity index is 2.37. The Morgan fingerprint density at radius 1 is 1.35 bits per heavy atom. The van der Waals surface area contributed by atoms with Crippen molar-refractivity contribution in [3.8, 4) is 5.75 Å². The maximum absolute atomic E-state index is 13.3. The number of ether oxygens (including phenoxy) is 1. The van der Waals surface area contributed by atoms with Crippen molar-refractivity contribution >= 4 is 16.9 Å². The molecular formula is C15H16FNO3. The van der Waals surface area contributed by atoms with E-state index in [0.717, 1.165) is 19.3 Å². The molecule has 0 amide bonds. The monoisotopic (exact) mass is 277 g/mol. The van der Waals surface area contributed by atoms with Crippen LogP contribution in [0.3, 0.4) is 0 Å². The van der Waals surface area contributed by atoms with Gasteiger partial charge in [-0.1, -0.05) is 19.8 Å². The van der Waals surface area contributed by atoms with Gasteiger partial charge >= 0.3 is 5.97 Å². The van der Waals surface area contributed by atoms with Gasteiger partial charge in [-0.15, -0.1) is 0 Å². The highest BCUT2D eigenvalue weighted by molar-refractivity contribution is 5.93. The first-order chi connectivity index (χ1) is 9.61. The molecule has 4 nitrogen and oxygen atoms in total. The first-order valence-corrected chi connectivity index (χ1v) is 6.58. The zero-order chi connectivity index (χ0) is 14.5. The molecule has 0 saturated carbocycles. The molecule has 106 valence electrons. The zero-order valence-corrected chi connectivity index (χ0v) is 11.2. The third-order valence-electron chi connectivity index (χ3n) is 2.96. The molecule has 0 aliphatic heterocycles. The minimum atomic E-state index is -1.13. The lowest BCUT2D eigenvalue weighted by molar-refractivity contribution is 0.0690. The number of rotatable bonds is 6. The Kier molecular flexibility index (Phi) is 4.50. The number of carboxylic acids is 1. The SMILES string of the molecule is CCCCCOc1cc(C(=O)O)nc2ccc(F)cc12. The van der Waals surface area contributed by atoms with Crippen LogP contribution in [0.5, 0.6) is 5.75 Å². The lowest BCUT2D eigenvalue weighted by Crippen LogP contribution is -2.04. The molecule has 1 N–H and O–H groups in total. The standard InChI is InChI=1S/C15H16FNO3/c1-2-3-4-7-20-14-9-13(15(18)19)17-12-6-5-10(16)8-11(12)14/h5-6,8-9H,2-4,7H2,1H3,(H,18,19). The fourth-order valence-corrected chi connectivity index (χ4v) is 1.93. The van der Waals surface area contributed by atoms with E-state index in [0.29, 0.717) is 23.3 Å². The molecule has 20 heavy (non-hydrogen) atoms. The maximum atomic E-state index is 13.3. The second kappa shape index (κ2) is 6.32. The molecular weight excluding hydrogens is 261 g/mol. The van der Waals surface area contributed by atoms with E-state index in [9.17, 15) is 9.18 Å². The summed E-state index contributed by atoms with van der Waals surface area (Å²) >= 11 is 0. The molecule has 1 heterocycles. The van der Waals surface area contributed by atoms with Crippen LogP contribution in [0.2, 0.25) is 0 Å². The van der Waals surface area contributed by atoms with Crippen LogP contribution in [0.4, 0.5) is 4.39 Å². The van der Waals surface area contributed by atoms with Gasteiger partial charge in [0.2, 0.25) is 0 Å². The van der Waals surface area contributed by atoms with Gasteiger partial charge in [-0.3, -0.25) is 0 Å². The first-order valence-electron chi connectivity index (χ1n) is 6.58. The molecule has 0 atom stereocenters. The number of nitrogens with zero attached hydrogens (tertiary/aromatic N) is 1. The average molecular weight is 277 g/mol. The van der Waals surface area contributed by atoms with Crippen molar-refractivity contribution in [2.24, 2.45) is 0 Å². The van der Waals surface area contributed by atoms with E-state index in [-0.39, 0.29) is 5.69 Å². The number of hydrogen-bond donors (Lipinski definition) is 1. The molecule has 1 aromatic heterocycles. The Bertz CT molecular complexity index is 628. The molecule has 2 aromatic rings. The molecule has 1 aromatic carbocycles. The van der Waals surface area contributed by atoms with Gasteiger partial charge in [0.25, 0.3) is 0 Å². The van der Waals surface area contributed by atoms with Crippen LogP contribution >= 0.6 is 0 Å². The summed E-state index contributed by atoms with van der Waals surface area (Å²) in [5.41, 5.74) is 0.311. The van der Waals surface area contributed by atoms with Gasteiger partial charge in [-0.25, -0.2) is 14.2 Å². The second-order valence-electron chi connectivity index (χ2n) is 4.53. The van der Waals surface area contributed by atoms with Gasteiger partial charge in [0.15, 0.2) is 5.69 Å². The van der Waals surface area contributed by atoms with Crippen molar-refractivity contribution in [1.29, 1.82) is 0 Å². The zero-order valence-electron chi connectivity index (χ0n) is 11.2. The highest BCUT2D eigenvalue weighted by atomic mass is 19.1. The van der Waals surface area contributed by atoms with Crippen LogP contribution in [0, 0.1) is 5.82 Å². The summed E-state index contributed by atoms with van der Waals surface area (Å²) in [6.07, 6.45) is 2.97. The van der Waals surface area contributed by atoms with E-state index in [1.54, 1.807) is 0 Å². The maximum Gasteiger partial charge on any atom is 0.354 e. The van der Waals surface area contributed by atoms with Gasteiger partial charge < -0.3 is 9.84 Å². The highest BCUT2D eigenvalue weighted by Crippen LogP contribution is 2.26. The largest absolute Gasteiger partial charge is 0.493 e. The summed E-state index contributed by atoms with van der Waals surface area (Å²) < 4.78 is 18.9. The topological polar surface area (TPSA) is 59.4 Å². The van der Waals surface area contributed by atoms with E-state index in [2.05, 4.69) is 11.9 Å². The first kappa shape index (κ1) is 14.2. The second-order valence-corrected chi connectivity index (χ2v) is 4.53. The summed E-state index contributed by atoms with van der Waals surface area (Å²) in [5, 5.41) is 9.53. The number of aromatic nitrogens is 1. The summed E-state index contributed by atoms with van der Waals surface area (Å²) in [6, 6.07) is 5.36. The minimum absolute atomic E-state index is 0.102. The number of aromatic carboxylic acids is 1. The van der Waals surface area contributed by atoms with Crippen molar-refractivity contribution in [2.75, 3.05) is 6.61 Å².